The number of nitrogens with zero attached hydrogens (tertiary/aromatic N) is 3. The topological polar surface area (TPSA) is 50.3 Å². The van der Waals surface area contributed by atoms with Crippen LogP contribution in [-0.2, 0) is 17.8 Å². The standard InChI is InChI=1S/C19H25ClN4O/c1-13-10-24(11-14(2)25-13)12-17-6-4-16(5-7-17)9-21-19-8-18(20)22-15(3)23-19/h4-8,13-14H,9-12H2,1-3H3,(H,21,22,23). The lowest BCUT2D eigenvalue weighted by Crippen LogP contribution is -2.44. The van der Waals surface area contributed by atoms with Crippen LogP contribution in [0.3, 0.4) is 0 Å². The number of benzene rings is 1. The van der Waals surface area contributed by atoms with Crippen LogP contribution in [0.15, 0.2) is 30.3 Å². The van der Waals surface area contributed by atoms with Gasteiger partial charge in [0.25, 0.3) is 0 Å². The first-order valence-electron chi connectivity index (χ1n) is 8.68. The molecular weight excluding hydrogens is 336 g/mol. The Balaban J connectivity index is 1.55. The summed E-state index contributed by atoms with van der Waals surface area (Å²) in [5.74, 6) is 1.41. The molecule has 0 spiro atoms. The highest BCUT2D eigenvalue weighted by Crippen LogP contribution is 2.16. The van der Waals surface area contributed by atoms with Crippen LogP contribution in [0.1, 0.15) is 30.8 Å². The molecule has 0 amide bonds. The number of anilines is 1. The molecule has 3 rings (SSSR count). The van der Waals surface area contributed by atoms with Gasteiger partial charge in [-0.05, 0) is 31.9 Å². The molecule has 2 unspecified atom stereocenters. The van der Waals surface area contributed by atoms with E-state index in [-0.39, 0.29) is 0 Å². The van der Waals surface area contributed by atoms with E-state index in [4.69, 9.17) is 16.3 Å². The number of nitrogens with one attached hydrogen (secondary N) is 1. The molecule has 0 saturated carbocycles. The molecule has 134 valence electrons. The Hall–Kier alpha value is -1.69. The van der Waals surface area contributed by atoms with Gasteiger partial charge in [0.05, 0.1) is 12.2 Å². The Morgan fingerprint density at radius 2 is 1.76 bits per heavy atom. The van der Waals surface area contributed by atoms with E-state index in [1.807, 2.05) is 6.92 Å². The normalized spacial score (nSPS) is 21.3. The minimum absolute atomic E-state index is 0.301. The van der Waals surface area contributed by atoms with Crippen LogP contribution in [0.5, 0.6) is 0 Å². The van der Waals surface area contributed by atoms with Crippen molar-refractivity contribution in [3.8, 4) is 0 Å². The van der Waals surface area contributed by atoms with Gasteiger partial charge < -0.3 is 10.1 Å². The molecule has 6 heteroatoms. The minimum atomic E-state index is 0.301. The fourth-order valence-corrected chi connectivity index (χ4v) is 3.47. The zero-order valence-corrected chi connectivity index (χ0v) is 15.8. The Kier molecular flexibility index (Phi) is 5.89. The van der Waals surface area contributed by atoms with Crippen molar-refractivity contribution in [1.29, 1.82) is 0 Å². The van der Waals surface area contributed by atoms with Crippen molar-refractivity contribution in [3.05, 3.63) is 52.4 Å². The third-order valence-electron chi connectivity index (χ3n) is 4.20. The van der Waals surface area contributed by atoms with Gasteiger partial charge in [-0.1, -0.05) is 35.9 Å². The number of morpholine rings is 1. The number of halogens is 1. The number of aromatic nitrogens is 2. The van der Waals surface area contributed by atoms with Crippen molar-refractivity contribution in [2.24, 2.45) is 0 Å². The molecule has 1 fully saturated rings. The van der Waals surface area contributed by atoms with Crippen molar-refractivity contribution in [1.82, 2.24) is 14.9 Å². The average Bonchev–Trinajstić information content (AvgIpc) is 2.52. The number of rotatable bonds is 5. The van der Waals surface area contributed by atoms with Gasteiger partial charge in [-0.25, -0.2) is 9.97 Å². The van der Waals surface area contributed by atoms with E-state index in [0.29, 0.717) is 29.7 Å². The number of aryl methyl sites for hydroxylation is 1. The second kappa shape index (κ2) is 8.13. The fourth-order valence-electron chi connectivity index (χ4n) is 3.25. The Morgan fingerprint density at radius 3 is 2.40 bits per heavy atom. The summed E-state index contributed by atoms with van der Waals surface area (Å²) in [7, 11) is 0. The van der Waals surface area contributed by atoms with Gasteiger partial charge in [0.1, 0.15) is 16.8 Å². The van der Waals surface area contributed by atoms with Crippen molar-refractivity contribution >= 4 is 17.4 Å². The maximum atomic E-state index is 5.96. The lowest BCUT2D eigenvalue weighted by molar-refractivity contribution is -0.0704. The van der Waals surface area contributed by atoms with Crippen LogP contribution in [-0.4, -0.2) is 40.2 Å². The molecule has 2 atom stereocenters. The van der Waals surface area contributed by atoms with E-state index in [1.165, 1.54) is 11.1 Å². The van der Waals surface area contributed by atoms with Crippen LogP contribution in [0.4, 0.5) is 5.82 Å². The Bertz CT molecular complexity index is 677. The number of hydrogen-bond donors (Lipinski definition) is 1. The lowest BCUT2D eigenvalue weighted by Gasteiger charge is -2.35. The SMILES string of the molecule is Cc1nc(Cl)cc(NCc2ccc(CN3CC(C)OC(C)C3)cc2)n1. The monoisotopic (exact) mass is 360 g/mol. The van der Waals surface area contributed by atoms with Gasteiger partial charge in [-0.3, -0.25) is 4.90 Å². The molecule has 25 heavy (non-hydrogen) atoms. The molecule has 0 bridgehead atoms. The summed E-state index contributed by atoms with van der Waals surface area (Å²) in [6, 6.07) is 10.4. The second-order valence-electron chi connectivity index (χ2n) is 6.74. The Labute approximate surface area is 154 Å². The maximum absolute atomic E-state index is 5.96. The van der Waals surface area contributed by atoms with Crippen LogP contribution in [0, 0.1) is 6.92 Å². The van der Waals surface area contributed by atoms with Gasteiger partial charge in [0.15, 0.2) is 0 Å². The summed E-state index contributed by atoms with van der Waals surface area (Å²) in [5, 5.41) is 3.75. The molecular formula is C19H25ClN4O. The molecule has 1 saturated heterocycles. The largest absolute Gasteiger partial charge is 0.373 e. The molecule has 0 aliphatic carbocycles. The smallest absolute Gasteiger partial charge is 0.134 e. The summed E-state index contributed by atoms with van der Waals surface area (Å²) in [6.45, 7) is 9.75. The van der Waals surface area contributed by atoms with Gasteiger partial charge in [-0.2, -0.15) is 0 Å². The number of ether oxygens (including phenoxy) is 1. The molecule has 5 nitrogen and oxygen atoms in total. The molecule has 1 N–H and O–H groups in total. The van der Waals surface area contributed by atoms with E-state index >= 15 is 0 Å². The van der Waals surface area contributed by atoms with Crippen LogP contribution in [0.25, 0.3) is 0 Å². The second-order valence-corrected chi connectivity index (χ2v) is 7.13. The predicted octanol–water partition coefficient (Wildman–Crippen LogP) is 3.66. The van der Waals surface area contributed by atoms with Crippen molar-refractivity contribution < 1.29 is 4.74 Å². The van der Waals surface area contributed by atoms with Crippen LogP contribution >= 0.6 is 11.6 Å². The van der Waals surface area contributed by atoms with E-state index in [2.05, 4.69) is 58.3 Å². The van der Waals surface area contributed by atoms with E-state index in [1.54, 1.807) is 6.07 Å². The molecule has 0 radical (unpaired) electrons. The molecule has 1 aromatic carbocycles. The zero-order chi connectivity index (χ0) is 17.8. The first-order valence-corrected chi connectivity index (χ1v) is 9.06. The quantitative estimate of drug-likeness (QED) is 0.824. The van der Waals surface area contributed by atoms with Gasteiger partial charge in [0.2, 0.25) is 0 Å². The molecule has 1 aliphatic rings. The summed E-state index contributed by atoms with van der Waals surface area (Å²) in [4.78, 5) is 10.9. The molecule has 1 aromatic heterocycles. The van der Waals surface area contributed by atoms with Gasteiger partial charge in [-0.15, -0.1) is 0 Å². The summed E-state index contributed by atoms with van der Waals surface area (Å²) in [5.41, 5.74) is 2.53. The van der Waals surface area contributed by atoms with Crippen molar-refractivity contribution in [2.75, 3.05) is 18.4 Å². The third kappa shape index (κ3) is 5.39. The van der Waals surface area contributed by atoms with E-state index in [9.17, 15) is 0 Å². The molecule has 1 aliphatic heterocycles. The highest BCUT2D eigenvalue weighted by Gasteiger charge is 2.21. The summed E-state index contributed by atoms with van der Waals surface area (Å²) >= 11 is 5.96. The van der Waals surface area contributed by atoms with Crippen LogP contribution in [0.2, 0.25) is 5.15 Å². The van der Waals surface area contributed by atoms with E-state index < -0.39 is 0 Å². The van der Waals surface area contributed by atoms with Crippen molar-refractivity contribution in [2.45, 2.75) is 46.1 Å². The number of hydrogen-bond acceptors (Lipinski definition) is 5. The molecule has 2 aromatic rings. The molecule has 2 heterocycles. The fraction of sp³-hybridized carbons (Fsp3) is 0.474. The highest BCUT2D eigenvalue weighted by molar-refractivity contribution is 6.29. The summed E-state index contributed by atoms with van der Waals surface area (Å²) < 4.78 is 5.79. The Morgan fingerprint density at radius 1 is 1.12 bits per heavy atom. The van der Waals surface area contributed by atoms with Gasteiger partial charge in [0, 0.05) is 32.2 Å². The minimum Gasteiger partial charge on any atom is -0.373 e. The maximum Gasteiger partial charge on any atom is 0.134 e. The van der Waals surface area contributed by atoms with Crippen molar-refractivity contribution in [3.63, 3.8) is 0 Å². The third-order valence-corrected chi connectivity index (χ3v) is 4.40. The first kappa shape index (κ1) is 18.1. The van der Waals surface area contributed by atoms with Gasteiger partial charge >= 0.3 is 0 Å². The lowest BCUT2D eigenvalue weighted by atomic mass is 10.1. The predicted molar refractivity (Wildman–Crippen MR) is 101 cm³/mol. The summed E-state index contributed by atoms with van der Waals surface area (Å²) in [6.07, 6.45) is 0.603. The first-order chi connectivity index (χ1) is 12.0. The van der Waals surface area contributed by atoms with E-state index in [0.717, 1.165) is 25.5 Å². The van der Waals surface area contributed by atoms with Crippen LogP contribution < -0.4 is 5.32 Å². The highest BCUT2D eigenvalue weighted by atomic mass is 35.5. The average molecular weight is 361 g/mol. The zero-order valence-electron chi connectivity index (χ0n) is 15.0.